The first-order valence-corrected chi connectivity index (χ1v) is 7.81. The average molecular weight is 432 g/mol. The standard InChI is InChI=1S/C11H14I2O2/c12-6-7-14-11(8-13)15-9-10-4-2-1-3-5-10/h1-5,11H,6-9H2. The Morgan fingerprint density at radius 1 is 1.07 bits per heavy atom. The molecule has 1 rings (SSSR count). The molecule has 0 radical (unpaired) electrons. The van der Waals surface area contributed by atoms with Crippen LogP contribution >= 0.6 is 45.2 Å². The van der Waals surface area contributed by atoms with Crippen molar-refractivity contribution >= 4 is 45.2 Å². The first-order chi connectivity index (χ1) is 7.36. The topological polar surface area (TPSA) is 18.5 Å². The van der Waals surface area contributed by atoms with Gasteiger partial charge in [0.05, 0.1) is 17.6 Å². The van der Waals surface area contributed by atoms with Gasteiger partial charge in [-0.15, -0.1) is 0 Å². The highest BCUT2D eigenvalue weighted by Gasteiger charge is 2.06. The second-order valence-corrected chi connectivity index (χ2v) is 4.90. The minimum atomic E-state index is -0.0828. The fourth-order valence-corrected chi connectivity index (χ4v) is 1.84. The van der Waals surface area contributed by atoms with Crippen LogP contribution in [0.5, 0.6) is 0 Å². The summed E-state index contributed by atoms with van der Waals surface area (Å²) < 4.78 is 13.0. The van der Waals surface area contributed by atoms with Gasteiger partial charge in [-0.3, -0.25) is 0 Å². The summed E-state index contributed by atoms with van der Waals surface area (Å²) in [6.45, 7) is 1.37. The van der Waals surface area contributed by atoms with Crippen molar-refractivity contribution < 1.29 is 9.47 Å². The molecular weight excluding hydrogens is 418 g/mol. The van der Waals surface area contributed by atoms with Crippen LogP contribution in [0.25, 0.3) is 0 Å². The third-order valence-corrected chi connectivity index (χ3v) is 2.95. The van der Waals surface area contributed by atoms with E-state index >= 15 is 0 Å². The van der Waals surface area contributed by atoms with Crippen LogP contribution in [0, 0.1) is 0 Å². The van der Waals surface area contributed by atoms with Gasteiger partial charge in [-0.25, -0.2) is 0 Å². The molecule has 15 heavy (non-hydrogen) atoms. The molecule has 0 aromatic heterocycles. The van der Waals surface area contributed by atoms with Crippen molar-refractivity contribution in [1.29, 1.82) is 0 Å². The van der Waals surface area contributed by atoms with Gasteiger partial charge in [0.25, 0.3) is 0 Å². The summed E-state index contributed by atoms with van der Waals surface area (Å²) in [5.41, 5.74) is 1.19. The number of ether oxygens (including phenoxy) is 2. The molecule has 0 fully saturated rings. The lowest BCUT2D eigenvalue weighted by molar-refractivity contribution is -0.128. The van der Waals surface area contributed by atoms with Crippen molar-refractivity contribution in [3.8, 4) is 0 Å². The van der Waals surface area contributed by atoms with E-state index in [1.54, 1.807) is 0 Å². The van der Waals surface area contributed by atoms with Crippen LogP contribution in [0.2, 0.25) is 0 Å². The van der Waals surface area contributed by atoms with Crippen LogP contribution in [0.1, 0.15) is 5.56 Å². The van der Waals surface area contributed by atoms with Gasteiger partial charge < -0.3 is 9.47 Å². The summed E-state index contributed by atoms with van der Waals surface area (Å²) in [7, 11) is 0. The van der Waals surface area contributed by atoms with E-state index in [0.29, 0.717) is 6.61 Å². The summed E-state index contributed by atoms with van der Waals surface area (Å²) in [5, 5.41) is 0. The lowest BCUT2D eigenvalue weighted by Crippen LogP contribution is -2.19. The maximum atomic E-state index is 5.65. The zero-order chi connectivity index (χ0) is 10.9. The fraction of sp³-hybridized carbons (Fsp3) is 0.455. The van der Waals surface area contributed by atoms with Gasteiger partial charge >= 0.3 is 0 Å². The molecule has 0 saturated carbocycles. The van der Waals surface area contributed by atoms with Crippen LogP contribution in [-0.4, -0.2) is 21.8 Å². The molecule has 0 bridgehead atoms. The summed E-state index contributed by atoms with van der Waals surface area (Å²) in [6.07, 6.45) is -0.0828. The Kier molecular flexibility index (Phi) is 7.94. The highest BCUT2D eigenvalue weighted by atomic mass is 127. The number of alkyl halides is 2. The summed E-state index contributed by atoms with van der Waals surface area (Å²) in [5.74, 6) is 0. The quantitative estimate of drug-likeness (QED) is 0.374. The molecule has 0 aliphatic rings. The third-order valence-electron chi connectivity index (χ3n) is 1.79. The Morgan fingerprint density at radius 2 is 1.80 bits per heavy atom. The number of hydrogen-bond acceptors (Lipinski definition) is 2. The highest BCUT2D eigenvalue weighted by Crippen LogP contribution is 2.07. The van der Waals surface area contributed by atoms with Crippen molar-refractivity contribution in [1.82, 2.24) is 0 Å². The van der Waals surface area contributed by atoms with Crippen molar-refractivity contribution in [2.75, 3.05) is 15.5 Å². The maximum Gasteiger partial charge on any atom is 0.166 e. The van der Waals surface area contributed by atoms with Crippen LogP contribution in [-0.2, 0) is 16.1 Å². The number of hydrogen-bond donors (Lipinski definition) is 0. The summed E-state index contributed by atoms with van der Waals surface area (Å²) in [6, 6.07) is 10.2. The van der Waals surface area contributed by atoms with E-state index in [-0.39, 0.29) is 6.29 Å². The van der Waals surface area contributed by atoms with Crippen LogP contribution in [0.15, 0.2) is 30.3 Å². The molecule has 0 spiro atoms. The third kappa shape index (κ3) is 6.03. The second kappa shape index (κ2) is 8.72. The molecule has 0 saturated heterocycles. The van der Waals surface area contributed by atoms with E-state index in [2.05, 4.69) is 57.3 Å². The van der Waals surface area contributed by atoms with Gasteiger partial charge in [0.1, 0.15) is 0 Å². The smallest absolute Gasteiger partial charge is 0.166 e. The van der Waals surface area contributed by atoms with Gasteiger partial charge in [-0.1, -0.05) is 75.5 Å². The zero-order valence-electron chi connectivity index (χ0n) is 8.36. The Morgan fingerprint density at radius 3 is 2.40 bits per heavy atom. The van der Waals surface area contributed by atoms with Gasteiger partial charge in [-0.2, -0.15) is 0 Å². The number of benzene rings is 1. The first-order valence-electron chi connectivity index (χ1n) is 4.76. The van der Waals surface area contributed by atoms with Crippen molar-refractivity contribution in [3.63, 3.8) is 0 Å². The Labute approximate surface area is 118 Å². The molecule has 1 aromatic rings. The van der Waals surface area contributed by atoms with E-state index in [1.807, 2.05) is 18.2 Å². The summed E-state index contributed by atoms with van der Waals surface area (Å²) >= 11 is 4.57. The lowest BCUT2D eigenvalue weighted by atomic mass is 10.2. The minimum Gasteiger partial charge on any atom is -0.351 e. The molecular formula is C11H14I2O2. The van der Waals surface area contributed by atoms with Gasteiger partial charge in [-0.05, 0) is 5.56 Å². The molecule has 0 aliphatic carbocycles. The van der Waals surface area contributed by atoms with E-state index in [4.69, 9.17) is 9.47 Å². The molecule has 0 amide bonds. The van der Waals surface area contributed by atoms with Crippen LogP contribution in [0.3, 0.4) is 0 Å². The first kappa shape index (κ1) is 13.7. The van der Waals surface area contributed by atoms with Gasteiger partial charge in [0.15, 0.2) is 6.29 Å². The van der Waals surface area contributed by atoms with Crippen molar-refractivity contribution in [2.45, 2.75) is 12.9 Å². The summed E-state index contributed by atoms with van der Waals surface area (Å²) in [4.78, 5) is 0. The minimum absolute atomic E-state index is 0.0828. The predicted molar refractivity (Wildman–Crippen MR) is 78.7 cm³/mol. The molecule has 1 atom stereocenters. The normalized spacial score (nSPS) is 12.7. The zero-order valence-corrected chi connectivity index (χ0v) is 12.7. The number of halogens is 2. The van der Waals surface area contributed by atoms with Gasteiger partial charge in [0, 0.05) is 4.43 Å². The largest absolute Gasteiger partial charge is 0.351 e. The molecule has 4 heteroatoms. The molecule has 0 N–H and O–H groups in total. The Hall–Kier alpha value is 0.600. The monoisotopic (exact) mass is 432 g/mol. The van der Waals surface area contributed by atoms with Gasteiger partial charge in [0.2, 0.25) is 0 Å². The molecule has 1 unspecified atom stereocenters. The second-order valence-electron chi connectivity index (χ2n) is 2.94. The van der Waals surface area contributed by atoms with Crippen molar-refractivity contribution in [2.24, 2.45) is 0 Å². The Balaban J connectivity index is 2.28. The SMILES string of the molecule is ICCOC(CI)OCc1ccccc1. The highest BCUT2D eigenvalue weighted by molar-refractivity contribution is 14.1. The fourth-order valence-electron chi connectivity index (χ4n) is 1.08. The lowest BCUT2D eigenvalue weighted by Gasteiger charge is -2.15. The average Bonchev–Trinajstić information content (AvgIpc) is 2.31. The molecule has 84 valence electrons. The molecule has 0 heterocycles. The van der Waals surface area contributed by atoms with E-state index in [0.717, 1.165) is 15.5 Å². The maximum absolute atomic E-state index is 5.65. The Bertz CT molecular complexity index is 254. The van der Waals surface area contributed by atoms with Crippen LogP contribution < -0.4 is 0 Å². The number of rotatable bonds is 7. The molecule has 1 aromatic carbocycles. The van der Waals surface area contributed by atoms with Crippen molar-refractivity contribution in [3.05, 3.63) is 35.9 Å². The molecule has 2 nitrogen and oxygen atoms in total. The van der Waals surface area contributed by atoms with E-state index < -0.39 is 0 Å². The molecule has 0 aliphatic heterocycles. The van der Waals surface area contributed by atoms with E-state index in [1.165, 1.54) is 5.56 Å². The predicted octanol–water partition coefficient (Wildman–Crippen LogP) is 3.42. The van der Waals surface area contributed by atoms with E-state index in [9.17, 15) is 0 Å². The van der Waals surface area contributed by atoms with Crippen LogP contribution in [0.4, 0.5) is 0 Å².